The molecule has 3 heterocycles. The third kappa shape index (κ3) is 10.3. The van der Waals surface area contributed by atoms with Gasteiger partial charge in [0.05, 0.1) is 16.9 Å². The fraction of sp³-hybridized carbons (Fsp3) is 0.288. The van der Waals surface area contributed by atoms with Crippen LogP contribution in [0, 0.1) is 38.2 Å². The predicted molar refractivity (Wildman–Crippen MR) is 281 cm³/mol. The third-order valence-electron chi connectivity index (χ3n) is 11.9. The summed E-state index contributed by atoms with van der Waals surface area (Å²) in [6.07, 6.45) is 0.303. The molecule has 0 spiro atoms. The number of aromatic nitrogens is 3. The van der Waals surface area contributed by atoms with Crippen LogP contribution in [-0.2, 0) is 26.5 Å². The summed E-state index contributed by atoms with van der Waals surface area (Å²) in [6.45, 7) is 17.2. The van der Waals surface area contributed by atoms with Crippen molar-refractivity contribution in [3.8, 4) is 39.5 Å². The van der Waals surface area contributed by atoms with Crippen LogP contribution in [0.2, 0.25) is 17.3 Å². The van der Waals surface area contributed by atoms with E-state index in [4.69, 9.17) is 11.8 Å². The van der Waals surface area contributed by atoms with Crippen LogP contribution in [0.4, 0.5) is 0 Å². The minimum atomic E-state index is -2.36. The van der Waals surface area contributed by atoms with Gasteiger partial charge < -0.3 is 4.57 Å². The Bertz CT molecular complexity index is 3310. The molecule has 9 rings (SSSR count). The normalized spacial score (nSPS) is 13.5. The summed E-state index contributed by atoms with van der Waals surface area (Å²) in [5.74, 6) is 8.29. The Kier molecular flexibility index (Phi) is 12.4. The van der Waals surface area contributed by atoms with Gasteiger partial charge >= 0.3 is 145 Å². The van der Waals surface area contributed by atoms with E-state index in [1.165, 1.54) is 65.3 Å². The van der Waals surface area contributed by atoms with Gasteiger partial charge in [0.25, 0.3) is 0 Å². The van der Waals surface area contributed by atoms with Crippen molar-refractivity contribution in [2.45, 2.75) is 105 Å². The second-order valence-corrected chi connectivity index (χ2v) is 31.5. The molecule has 0 aliphatic rings. The number of imidazole rings is 1. The zero-order valence-corrected chi connectivity index (χ0v) is 45.1. The summed E-state index contributed by atoms with van der Waals surface area (Å²) in [6, 6.07) is 46.4. The van der Waals surface area contributed by atoms with E-state index in [-0.39, 0.29) is 25.7 Å². The first-order valence-corrected chi connectivity index (χ1v) is 30.6. The van der Waals surface area contributed by atoms with Gasteiger partial charge in [0.2, 0.25) is 0 Å². The SMILES string of the molecule is Cc1cc2sc3c[c-]c(-c4nc5ccccc5n4-c4c(C(C)C)cc(-c5ccccc5)cc4C(C)C)cc3c2cc1C.[2H]C([2H])([2H])c1c[c-]c(-c2cc(C([2H])([2H])C(C)(C)C)[c]([Ge]([CH3])([CH3])[CH3])cn2)cc1.[Ir]. The van der Waals surface area contributed by atoms with Gasteiger partial charge in [0.15, 0.2) is 0 Å². The summed E-state index contributed by atoms with van der Waals surface area (Å²) in [7, 11) is 0. The molecule has 335 valence electrons. The van der Waals surface area contributed by atoms with E-state index in [1.54, 1.807) is 12.1 Å². The molecule has 65 heavy (non-hydrogen) atoms. The Morgan fingerprint density at radius 2 is 1.38 bits per heavy atom. The Morgan fingerprint density at radius 3 is 2.02 bits per heavy atom. The molecule has 6 heteroatoms. The van der Waals surface area contributed by atoms with Gasteiger partial charge in [0, 0.05) is 30.5 Å². The van der Waals surface area contributed by atoms with E-state index >= 15 is 0 Å². The van der Waals surface area contributed by atoms with Crippen molar-refractivity contribution in [1.82, 2.24) is 14.5 Å². The first-order chi connectivity index (χ1) is 32.3. The predicted octanol–water partition coefficient (Wildman–Crippen LogP) is 16.4. The van der Waals surface area contributed by atoms with E-state index in [0.717, 1.165) is 26.8 Å². The van der Waals surface area contributed by atoms with Gasteiger partial charge in [-0.3, -0.25) is 4.98 Å². The fourth-order valence-electron chi connectivity index (χ4n) is 8.45. The number of benzene rings is 6. The Labute approximate surface area is 415 Å². The first-order valence-electron chi connectivity index (χ1n) is 25.0. The van der Waals surface area contributed by atoms with Gasteiger partial charge in [-0.05, 0) is 99.5 Å². The van der Waals surface area contributed by atoms with E-state index in [1.807, 2.05) is 44.4 Å². The number of thiophene rings is 1. The van der Waals surface area contributed by atoms with Crippen LogP contribution < -0.4 is 4.40 Å². The Morgan fingerprint density at radius 1 is 0.738 bits per heavy atom. The smallest absolute Gasteiger partial charge is 0 e. The average Bonchev–Trinajstić information content (AvgIpc) is 3.85. The van der Waals surface area contributed by atoms with Crippen molar-refractivity contribution in [1.29, 1.82) is 0 Å². The molecule has 0 aliphatic carbocycles. The van der Waals surface area contributed by atoms with Crippen LogP contribution in [0.5, 0.6) is 0 Å². The Balaban J connectivity index is 0.000000225. The standard InChI is InChI=1S/C39H35N2S.C20H28GeN.Ir/c1-23(2)30-21-29(27-12-8-7-9-13-27)22-31(24(3)4)38(30)41-35-15-11-10-14-34(35)40-39(41)28-16-17-36-33(20-28)32-18-25(5)26(6)19-37(32)42-36;1-15-8-10-16(11-9-15)19-12-17(13-20(2,3)4)18(14-22-19)21(5,6)7;/h7-15,17-24H,1-6H3;8-10,12,14H,13H2,1-7H3;/q2*-1;/i;1D3,13D2;. The number of aryl methyl sites for hydroxylation is 3. The number of nitrogens with zero attached hydrogens (tertiary/aromatic N) is 3. The number of rotatable bonds is 8. The molecule has 0 aliphatic heterocycles. The largest absolute Gasteiger partial charge is 0 e. The molecule has 1 radical (unpaired) electrons. The summed E-state index contributed by atoms with van der Waals surface area (Å²) in [5.41, 5.74) is 13.9. The summed E-state index contributed by atoms with van der Waals surface area (Å²) in [4.78, 5) is 9.85. The zero-order valence-electron chi connectivity index (χ0n) is 44.8. The molecule has 0 N–H and O–H groups in total. The monoisotopic (exact) mass is 1120 g/mol. The summed E-state index contributed by atoms with van der Waals surface area (Å²) >= 11 is -0.508. The van der Waals surface area contributed by atoms with Crippen LogP contribution in [0.15, 0.2) is 121 Å². The molecular weight excluding hydrogens is 1050 g/mol. The number of fused-ring (bicyclic) bond motifs is 4. The maximum absolute atomic E-state index is 8.80. The van der Waals surface area contributed by atoms with Gasteiger partial charge in [-0.25, -0.2) is 0 Å². The molecule has 0 saturated heterocycles. The molecule has 0 saturated carbocycles. The molecule has 0 fully saturated rings. The number of hydrogen-bond acceptors (Lipinski definition) is 3. The van der Waals surface area contributed by atoms with Crippen LogP contribution in [-0.4, -0.2) is 27.8 Å². The van der Waals surface area contributed by atoms with Gasteiger partial charge in [-0.15, -0.1) is 23.8 Å². The van der Waals surface area contributed by atoms with Gasteiger partial charge in [-0.1, -0.05) is 81.6 Å². The number of pyridine rings is 1. The maximum Gasteiger partial charge on any atom is 0 e. The molecule has 3 nitrogen and oxygen atoms in total. The van der Waals surface area contributed by atoms with Crippen molar-refractivity contribution in [2.24, 2.45) is 5.41 Å². The van der Waals surface area contributed by atoms with Crippen LogP contribution in [0.25, 0.3) is 70.7 Å². The van der Waals surface area contributed by atoms with Crippen LogP contribution >= 0.6 is 11.3 Å². The van der Waals surface area contributed by atoms with E-state index < -0.39 is 31.9 Å². The quantitative estimate of drug-likeness (QED) is 0.112. The molecule has 3 aromatic heterocycles. The second-order valence-electron chi connectivity index (χ2n) is 19.8. The van der Waals surface area contributed by atoms with Crippen LogP contribution in [0.3, 0.4) is 0 Å². The minimum absolute atomic E-state index is 0. The number of para-hydroxylation sites is 2. The van der Waals surface area contributed by atoms with Gasteiger partial charge in [0.1, 0.15) is 0 Å². The minimum Gasteiger partial charge on any atom is 0 e. The summed E-state index contributed by atoms with van der Waals surface area (Å²) < 4.78 is 46.1. The van der Waals surface area contributed by atoms with Crippen molar-refractivity contribution in [2.75, 3.05) is 0 Å². The summed E-state index contributed by atoms with van der Waals surface area (Å²) in [5, 5.41) is 2.59. The van der Waals surface area contributed by atoms with Crippen molar-refractivity contribution < 1.29 is 27.0 Å². The molecule has 0 amide bonds. The molecule has 6 aromatic carbocycles. The fourth-order valence-corrected chi connectivity index (χ4v) is 12.5. The van der Waals surface area contributed by atoms with Crippen molar-refractivity contribution >= 4 is 60.2 Å². The maximum atomic E-state index is 8.80. The molecule has 0 bridgehead atoms. The van der Waals surface area contributed by atoms with E-state index in [0.29, 0.717) is 28.7 Å². The van der Waals surface area contributed by atoms with Crippen molar-refractivity contribution in [3.63, 3.8) is 0 Å². The van der Waals surface area contributed by atoms with Gasteiger partial charge in [-0.2, -0.15) is 11.3 Å². The molecule has 0 unspecified atom stereocenters. The average molecular weight is 1120 g/mol. The molecule has 0 atom stereocenters. The topological polar surface area (TPSA) is 30.7 Å². The molecular formula is C59H63GeIrN3S-2. The third-order valence-corrected chi connectivity index (χ3v) is 17.2. The van der Waals surface area contributed by atoms with Crippen LogP contribution in [0.1, 0.15) is 101 Å². The zero-order chi connectivity index (χ0) is 50.0. The molecule has 9 aromatic rings. The second kappa shape index (κ2) is 19.3. The number of hydrogen-bond donors (Lipinski definition) is 0. The Hall–Kier alpha value is -4.65. The van der Waals surface area contributed by atoms with E-state index in [2.05, 4.69) is 171 Å². The first kappa shape index (κ1) is 41.8. The van der Waals surface area contributed by atoms with Crippen molar-refractivity contribution in [3.05, 3.63) is 167 Å². The van der Waals surface area contributed by atoms with E-state index in [9.17, 15) is 0 Å².